The van der Waals surface area contributed by atoms with E-state index in [9.17, 15) is 0 Å². The topological polar surface area (TPSA) is 37.8 Å². The first-order valence-electron chi connectivity index (χ1n) is 5.60. The maximum atomic E-state index is 5.95. The highest BCUT2D eigenvalue weighted by molar-refractivity contribution is 7.99. The van der Waals surface area contributed by atoms with Crippen molar-refractivity contribution in [1.29, 1.82) is 0 Å². The van der Waals surface area contributed by atoms with Crippen LogP contribution in [0.1, 0.15) is 25.6 Å². The van der Waals surface area contributed by atoms with Crippen LogP contribution in [-0.4, -0.2) is 28.0 Å². The SMILES string of the molecule is C=CCSCCNc1cc(Cl)nc(C(C)C)n1. The van der Waals surface area contributed by atoms with Gasteiger partial charge >= 0.3 is 0 Å². The molecular weight excluding hydrogens is 254 g/mol. The Hall–Kier alpha value is -0.740. The summed E-state index contributed by atoms with van der Waals surface area (Å²) < 4.78 is 0. The van der Waals surface area contributed by atoms with E-state index in [4.69, 9.17) is 11.6 Å². The summed E-state index contributed by atoms with van der Waals surface area (Å²) in [6.07, 6.45) is 1.91. The van der Waals surface area contributed by atoms with E-state index < -0.39 is 0 Å². The van der Waals surface area contributed by atoms with Crippen LogP contribution >= 0.6 is 23.4 Å². The number of aromatic nitrogens is 2. The zero-order valence-corrected chi connectivity index (χ0v) is 11.8. The predicted octanol–water partition coefficient (Wildman–Crippen LogP) is 3.58. The van der Waals surface area contributed by atoms with Crippen molar-refractivity contribution >= 4 is 29.2 Å². The van der Waals surface area contributed by atoms with E-state index in [1.54, 1.807) is 6.07 Å². The Labute approximate surface area is 112 Å². The highest BCUT2D eigenvalue weighted by Gasteiger charge is 2.06. The number of anilines is 1. The molecule has 0 saturated heterocycles. The van der Waals surface area contributed by atoms with Crippen LogP contribution in [0.5, 0.6) is 0 Å². The van der Waals surface area contributed by atoms with Gasteiger partial charge in [-0.25, -0.2) is 9.97 Å². The molecule has 0 aliphatic rings. The van der Waals surface area contributed by atoms with Crippen molar-refractivity contribution in [2.24, 2.45) is 0 Å². The Balaban J connectivity index is 2.50. The van der Waals surface area contributed by atoms with Crippen molar-refractivity contribution in [3.05, 3.63) is 29.7 Å². The fraction of sp³-hybridized carbons (Fsp3) is 0.500. The average molecular weight is 272 g/mol. The first kappa shape index (κ1) is 14.3. The number of rotatable bonds is 7. The third kappa shape index (κ3) is 5.41. The van der Waals surface area contributed by atoms with Crippen LogP contribution in [-0.2, 0) is 0 Å². The first-order chi connectivity index (χ1) is 8.13. The number of hydrogen-bond acceptors (Lipinski definition) is 4. The molecule has 0 aliphatic heterocycles. The van der Waals surface area contributed by atoms with Crippen LogP contribution in [0.4, 0.5) is 5.82 Å². The van der Waals surface area contributed by atoms with Crippen molar-refractivity contribution in [3.63, 3.8) is 0 Å². The third-order valence-electron chi connectivity index (χ3n) is 2.02. The summed E-state index contributed by atoms with van der Waals surface area (Å²) in [6.45, 7) is 8.65. The number of nitrogens with one attached hydrogen (secondary N) is 1. The molecule has 0 bridgehead atoms. The molecule has 1 rings (SSSR count). The molecule has 94 valence electrons. The Kier molecular flexibility index (Phi) is 6.37. The summed E-state index contributed by atoms with van der Waals surface area (Å²) in [6, 6.07) is 1.76. The molecule has 0 aromatic carbocycles. The van der Waals surface area contributed by atoms with E-state index in [1.165, 1.54) is 0 Å². The number of thioether (sulfide) groups is 1. The summed E-state index contributed by atoms with van der Waals surface area (Å²) in [5.74, 6) is 3.85. The minimum atomic E-state index is 0.282. The van der Waals surface area contributed by atoms with Crippen molar-refractivity contribution in [3.8, 4) is 0 Å². The molecule has 0 fully saturated rings. The van der Waals surface area contributed by atoms with Crippen LogP contribution in [0.25, 0.3) is 0 Å². The molecule has 0 spiro atoms. The fourth-order valence-electron chi connectivity index (χ4n) is 1.20. The maximum Gasteiger partial charge on any atom is 0.135 e. The summed E-state index contributed by atoms with van der Waals surface area (Å²) in [5.41, 5.74) is 0. The smallest absolute Gasteiger partial charge is 0.135 e. The molecule has 0 amide bonds. The van der Waals surface area contributed by atoms with Crippen LogP contribution < -0.4 is 5.32 Å². The average Bonchev–Trinajstić information content (AvgIpc) is 2.28. The number of halogens is 1. The van der Waals surface area contributed by atoms with E-state index in [0.717, 1.165) is 29.7 Å². The second-order valence-electron chi connectivity index (χ2n) is 3.88. The van der Waals surface area contributed by atoms with Crippen LogP contribution in [0, 0.1) is 0 Å². The molecule has 0 saturated carbocycles. The molecule has 0 atom stereocenters. The summed E-state index contributed by atoms with van der Waals surface area (Å²) in [5, 5.41) is 3.74. The van der Waals surface area contributed by atoms with Crippen LogP contribution in [0.15, 0.2) is 18.7 Å². The monoisotopic (exact) mass is 271 g/mol. The Morgan fingerprint density at radius 1 is 1.53 bits per heavy atom. The van der Waals surface area contributed by atoms with Gasteiger partial charge in [0.05, 0.1) is 0 Å². The number of nitrogens with zero attached hydrogens (tertiary/aromatic N) is 2. The third-order valence-corrected chi connectivity index (χ3v) is 3.17. The second-order valence-corrected chi connectivity index (χ2v) is 5.42. The molecule has 1 heterocycles. The van der Waals surface area contributed by atoms with Gasteiger partial charge in [0, 0.05) is 30.0 Å². The van der Waals surface area contributed by atoms with Crippen LogP contribution in [0.2, 0.25) is 5.15 Å². The Bertz CT molecular complexity index is 369. The molecule has 1 aromatic rings. The maximum absolute atomic E-state index is 5.95. The lowest BCUT2D eigenvalue weighted by Gasteiger charge is -2.09. The van der Waals surface area contributed by atoms with Crippen molar-refractivity contribution in [2.75, 3.05) is 23.4 Å². The molecule has 1 N–H and O–H groups in total. The molecule has 17 heavy (non-hydrogen) atoms. The lowest BCUT2D eigenvalue weighted by molar-refractivity contribution is 0.775. The standard InChI is InChI=1S/C12H18ClN3S/c1-4-6-17-7-5-14-11-8-10(13)15-12(16-11)9(2)3/h4,8-9H,1,5-7H2,2-3H3,(H,14,15,16). The van der Waals surface area contributed by atoms with E-state index in [0.29, 0.717) is 5.15 Å². The minimum absolute atomic E-state index is 0.282. The van der Waals surface area contributed by atoms with Gasteiger partial charge in [-0.15, -0.1) is 6.58 Å². The normalized spacial score (nSPS) is 10.6. The van der Waals surface area contributed by atoms with Crippen molar-refractivity contribution in [2.45, 2.75) is 19.8 Å². The summed E-state index contributed by atoms with van der Waals surface area (Å²) in [4.78, 5) is 8.60. The highest BCUT2D eigenvalue weighted by atomic mass is 35.5. The zero-order chi connectivity index (χ0) is 12.7. The lowest BCUT2D eigenvalue weighted by Crippen LogP contribution is -2.08. The van der Waals surface area contributed by atoms with E-state index in [-0.39, 0.29) is 5.92 Å². The van der Waals surface area contributed by atoms with Gasteiger partial charge < -0.3 is 5.32 Å². The summed E-state index contributed by atoms with van der Waals surface area (Å²) >= 11 is 7.78. The minimum Gasteiger partial charge on any atom is -0.369 e. The second kappa shape index (κ2) is 7.56. The Morgan fingerprint density at radius 2 is 2.29 bits per heavy atom. The van der Waals surface area contributed by atoms with Gasteiger partial charge in [0.15, 0.2) is 0 Å². The molecule has 5 heteroatoms. The van der Waals surface area contributed by atoms with E-state index >= 15 is 0 Å². The highest BCUT2D eigenvalue weighted by Crippen LogP contribution is 2.16. The van der Waals surface area contributed by atoms with Gasteiger partial charge in [-0.1, -0.05) is 31.5 Å². The van der Waals surface area contributed by atoms with Crippen LogP contribution in [0.3, 0.4) is 0 Å². The predicted molar refractivity (Wildman–Crippen MR) is 77.1 cm³/mol. The molecule has 0 aliphatic carbocycles. The van der Waals surface area contributed by atoms with E-state index in [2.05, 4.69) is 35.7 Å². The van der Waals surface area contributed by atoms with Crippen molar-refractivity contribution < 1.29 is 0 Å². The van der Waals surface area contributed by atoms with E-state index in [1.807, 2.05) is 17.8 Å². The summed E-state index contributed by atoms with van der Waals surface area (Å²) in [7, 11) is 0. The zero-order valence-electron chi connectivity index (χ0n) is 10.2. The Morgan fingerprint density at radius 3 is 2.94 bits per heavy atom. The molecule has 0 radical (unpaired) electrons. The molecule has 1 aromatic heterocycles. The van der Waals surface area contributed by atoms with Gasteiger partial charge in [-0.2, -0.15) is 11.8 Å². The largest absolute Gasteiger partial charge is 0.369 e. The molecular formula is C12H18ClN3S. The van der Waals surface area contributed by atoms with Gasteiger partial charge in [0.25, 0.3) is 0 Å². The van der Waals surface area contributed by atoms with Crippen molar-refractivity contribution in [1.82, 2.24) is 9.97 Å². The lowest BCUT2D eigenvalue weighted by atomic mass is 10.2. The van der Waals surface area contributed by atoms with Gasteiger partial charge in [-0.05, 0) is 0 Å². The fourth-order valence-corrected chi connectivity index (χ4v) is 1.97. The first-order valence-corrected chi connectivity index (χ1v) is 7.13. The van der Waals surface area contributed by atoms with Gasteiger partial charge in [-0.3, -0.25) is 0 Å². The van der Waals surface area contributed by atoms with Gasteiger partial charge in [0.2, 0.25) is 0 Å². The van der Waals surface area contributed by atoms with Gasteiger partial charge in [0.1, 0.15) is 16.8 Å². The molecule has 0 unspecified atom stereocenters. The number of hydrogen-bond donors (Lipinski definition) is 1. The quantitative estimate of drug-likeness (QED) is 0.467. The molecule has 3 nitrogen and oxygen atoms in total.